The monoisotopic (exact) mass is 323 g/mol. The summed E-state index contributed by atoms with van der Waals surface area (Å²) in [4.78, 5) is 27.9. The van der Waals surface area contributed by atoms with Crippen molar-refractivity contribution >= 4 is 22.8 Å². The minimum atomic E-state index is -0.0213. The van der Waals surface area contributed by atoms with Crippen LogP contribution in [-0.2, 0) is 6.42 Å². The van der Waals surface area contributed by atoms with Gasteiger partial charge in [0.05, 0.1) is 22.3 Å². The van der Waals surface area contributed by atoms with E-state index in [1.54, 1.807) is 6.20 Å². The first-order chi connectivity index (χ1) is 11.5. The zero-order valence-corrected chi connectivity index (χ0v) is 14.4. The van der Waals surface area contributed by atoms with Crippen molar-refractivity contribution in [1.29, 1.82) is 0 Å². The molecule has 0 fully saturated rings. The van der Waals surface area contributed by atoms with Gasteiger partial charge in [-0.1, -0.05) is 6.07 Å². The summed E-state index contributed by atoms with van der Waals surface area (Å²) >= 11 is 0. The number of anilines is 1. The van der Waals surface area contributed by atoms with E-state index in [-0.39, 0.29) is 5.78 Å². The molecule has 24 heavy (non-hydrogen) atoms. The number of benzene rings is 1. The van der Waals surface area contributed by atoms with Crippen molar-refractivity contribution in [1.82, 2.24) is 19.9 Å². The highest BCUT2D eigenvalue weighted by Crippen LogP contribution is 2.19. The van der Waals surface area contributed by atoms with E-state index >= 15 is 0 Å². The van der Waals surface area contributed by atoms with Crippen molar-refractivity contribution in [3.63, 3.8) is 0 Å². The molecule has 1 aromatic carbocycles. The SMILES string of the molecule is CC(=O)c1cnc(NCCc2nc3c(C)c(C)ccc3[nH]2)nc1C. The molecule has 3 rings (SSSR count). The molecule has 0 spiro atoms. The van der Waals surface area contributed by atoms with Crippen LogP contribution in [0.4, 0.5) is 5.95 Å². The first-order valence-electron chi connectivity index (χ1n) is 7.99. The van der Waals surface area contributed by atoms with Gasteiger partial charge < -0.3 is 10.3 Å². The first kappa shape index (κ1) is 16.1. The molecule has 0 amide bonds. The van der Waals surface area contributed by atoms with Crippen LogP contribution in [0.5, 0.6) is 0 Å². The summed E-state index contributed by atoms with van der Waals surface area (Å²) in [6.07, 6.45) is 2.31. The summed E-state index contributed by atoms with van der Waals surface area (Å²) in [6, 6.07) is 4.17. The van der Waals surface area contributed by atoms with Crippen LogP contribution in [0.15, 0.2) is 18.3 Å². The average Bonchev–Trinajstić information content (AvgIpc) is 2.94. The third-order valence-electron chi connectivity index (χ3n) is 4.23. The molecule has 0 radical (unpaired) electrons. The van der Waals surface area contributed by atoms with Gasteiger partial charge in [0.2, 0.25) is 5.95 Å². The zero-order valence-electron chi connectivity index (χ0n) is 14.4. The Morgan fingerprint density at radius 3 is 2.71 bits per heavy atom. The number of nitrogens with one attached hydrogen (secondary N) is 2. The number of hydrogen-bond acceptors (Lipinski definition) is 5. The number of aryl methyl sites for hydroxylation is 3. The fraction of sp³-hybridized carbons (Fsp3) is 0.333. The Balaban J connectivity index is 1.67. The zero-order chi connectivity index (χ0) is 17.3. The fourth-order valence-corrected chi connectivity index (χ4v) is 2.67. The van der Waals surface area contributed by atoms with Crippen molar-refractivity contribution in [2.75, 3.05) is 11.9 Å². The van der Waals surface area contributed by atoms with Crippen molar-refractivity contribution in [3.8, 4) is 0 Å². The number of carbonyl (C=O) groups is 1. The molecular formula is C18H21N5O. The van der Waals surface area contributed by atoms with Gasteiger partial charge in [-0.2, -0.15) is 0 Å². The summed E-state index contributed by atoms with van der Waals surface area (Å²) in [5.74, 6) is 1.44. The van der Waals surface area contributed by atoms with E-state index in [2.05, 4.69) is 51.2 Å². The number of hydrogen-bond donors (Lipinski definition) is 2. The van der Waals surface area contributed by atoms with E-state index in [1.807, 2.05) is 6.92 Å². The van der Waals surface area contributed by atoms with Crippen LogP contribution < -0.4 is 5.32 Å². The molecule has 3 aromatic rings. The van der Waals surface area contributed by atoms with E-state index < -0.39 is 0 Å². The van der Waals surface area contributed by atoms with Gasteiger partial charge in [0.15, 0.2) is 5.78 Å². The van der Waals surface area contributed by atoms with Gasteiger partial charge >= 0.3 is 0 Å². The third-order valence-corrected chi connectivity index (χ3v) is 4.23. The highest BCUT2D eigenvalue weighted by atomic mass is 16.1. The van der Waals surface area contributed by atoms with Gasteiger partial charge in [0.1, 0.15) is 5.82 Å². The number of aromatic nitrogens is 4. The van der Waals surface area contributed by atoms with Crippen LogP contribution in [0.2, 0.25) is 0 Å². The molecule has 124 valence electrons. The smallest absolute Gasteiger partial charge is 0.222 e. The minimum absolute atomic E-state index is 0.0213. The van der Waals surface area contributed by atoms with Gasteiger partial charge in [-0.15, -0.1) is 0 Å². The van der Waals surface area contributed by atoms with Crippen LogP contribution in [0.25, 0.3) is 11.0 Å². The third kappa shape index (κ3) is 3.13. The number of fused-ring (bicyclic) bond motifs is 1. The van der Waals surface area contributed by atoms with E-state index in [9.17, 15) is 4.79 Å². The molecule has 2 heterocycles. The van der Waals surface area contributed by atoms with Crippen LogP contribution >= 0.6 is 0 Å². The number of carbonyl (C=O) groups excluding carboxylic acids is 1. The van der Waals surface area contributed by atoms with Gasteiger partial charge in [0, 0.05) is 19.2 Å². The number of H-pyrrole nitrogens is 1. The van der Waals surface area contributed by atoms with Gasteiger partial charge in [0.25, 0.3) is 0 Å². The molecule has 6 heteroatoms. The molecular weight excluding hydrogens is 302 g/mol. The maximum absolute atomic E-state index is 11.4. The molecule has 2 N–H and O–H groups in total. The lowest BCUT2D eigenvalue weighted by molar-refractivity contribution is 0.101. The Labute approximate surface area is 140 Å². The number of imidazole rings is 1. The van der Waals surface area contributed by atoms with E-state index in [0.29, 0.717) is 23.8 Å². The number of ketones is 1. The molecule has 0 unspecified atom stereocenters. The fourth-order valence-electron chi connectivity index (χ4n) is 2.67. The van der Waals surface area contributed by atoms with Gasteiger partial charge in [-0.05, 0) is 44.9 Å². The highest BCUT2D eigenvalue weighted by Gasteiger charge is 2.09. The molecule has 0 aliphatic rings. The Bertz CT molecular complexity index is 913. The van der Waals surface area contributed by atoms with Gasteiger partial charge in [-0.25, -0.2) is 15.0 Å². The second kappa shape index (κ2) is 6.39. The number of Topliss-reactive ketones (excluding diaryl/α,β-unsaturated/α-hetero) is 1. The standard InChI is InChI=1S/C18H21N5O/c1-10-5-6-15-17(11(10)2)23-16(22-15)7-8-19-18-20-9-14(13(4)24)12(3)21-18/h5-6,9H,7-8H2,1-4H3,(H,22,23)(H,19,20,21). The summed E-state index contributed by atoms with van der Waals surface area (Å²) in [6.45, 7) is 8.18. The maximum Gasteiger partial charge on any atom is 0.222 e. The number of aromatic amines is 1. The van der Waals surface area contributed by atoms with Crippen LogP contribution in [-0.4, -0.2) is 32.3 Å². The Morgan fingerprint density at radius 2 is 2.00 bits per heavy atom. The predicted octanol–water partition coefficient (Wildman–Crippen LogP) is 3.14. The number of rotatable bonds is 5. The van der Waals surface area contributed by atoms with E-state index in [1.165, 1.54) is 18.1 Å². The second-order valence-electron chi connectivity index (χ2n) is 6.01. The van der Waals surface area contributed by atoms with Crippen LogP contribution in [0, 0.1) is 20.8 Å². The summed E-state index contributed by atoms with van der Waals surface area (Å²) in [5.41, 5.74) is 5.79. The molecule has 0 atom stereocenters. The Kier molecular flexibility index (Phi) is 4.29. The normalized spacial score (nSPS) is 11.0. The Morgan fingerprint density at radius 1 is 1.21 bits per heavy atom. The van der Waals surface area contributed by atoms with Crippen LogP contribution in [0.3, 0.4) is 0 Å². The van der Waals surface area contributed by atoms with Crippen LogP contribution in [0.1, 0.15) is 39.9 Å². The highest BCUT2D eigenvalue weighted by molar-refractivity contribution is 5.94. The molecule has 0 saturated carbocycles. The Hall–Kier alpha value is -2.76. The lowest BCUT2D eigenvalue weighted by Gasteiger charge is -2.06. The second-order valence-corrected chi connectivity index (χ2v) is 6.01. The summed E-state index contributed by atoms with van der Waals surface area (Å²) in [5, 5.41) is 3.18. The van der Waals surface area contributed by atoms with Crippen molar-refractivity contribution in [2.45, 2.75) is 34.1 Å². The first-order valence-corrected chi connectivity index (χ1v) is 7.99. The number of nitrogens with zero attached hydrogens (tertiary/aromatic N) is 3. The largest absolute Gasteiger partial charge is 0.354 e. The average molecular weight is 323 g/mol. The summed E-state index contributed by atoms with van der Waals surface area (Å²) in [7, 11) is 0. The summed E-state index contributed by atoms with van der Waals surface area (Å²) < 4.78 is 0. The van der Waals surface area contributed by atoms with Crippen molar-refractivity contribution < 1.29 is 4.79 Å². The van der Waals surface area contributed by atoms with Crippen molar-refractivity contribution in [2.24, 2.45) is 0 Å². The molecule has 6 nitrogen and oxygen atoms in total. The quantitative estimate of drug-likeness (QED) is 0.705. The minimum Gasteiger partial charge on any atom is -0.354 e. The lowest BCUT2D eigenvalue weighted by atomic mass is 10.1. The topological polar surface area (TPSA) is 83.6 Å². The lowest BCUT2D eigenvalue weighted by Crippen LogP contribution is -2.11. The predicted molar refractivity (Wildman–Crippen MR) is 94.5 cm³/mol. The van der Waals surface area contributed by atoms with E-state index in [4.69, 9.17) is 0 Å². The van der Waals surface area contributed by atoms with Crippen molar-refractivity contribution in [3.05, 3.63) is 46.5 Å². The van der Waals surface area contributed by atoms with E-state index in [0.717, 1.165) is 23.3 Å². The molecule has 2 aromatic heterocycles. The molecule has 0 saturated heterocycles. The maximum atomic E-state index is 11.4. The molecule has 0 bridgehead atoms. The molecule has 0 aliphatic heterocycles. The molecule has 0 aliphatic carbocycles. The van der Waals surface area contributed by atoms with Gasteiger partial charge in [-0.3, -0.25) is 4.79 Å².